The number of nitro groups is 1. The Hall–Kier alpha value is -1.39. The van der Waals surface area contributed by atoms with E-state index < -0.39 is 0 Å². The molecule has 0 spiro atoms. The lowest BCUT2D eigenvalue weighted by atomic mass is 9.99. The Labute approximate surface area is 130 Å². The largest absolute Gasteiger partial charge is 0.272 e. The zero-order chi connectivity index (χ0) is 14.7. The van der Waals surface area contributed by atoms with Gasteiger partial charge in [-0.15, -0.1) is 11.6 Å². The highest BCUT2D eigenvalue weighted by molar-refractivity contribution is 9.10. The molecule has 0 aliphatic rings. The van der Waals surface area contributed by atoms with Crippen molar-refractivity contribution in [3.05, 3.63) is 73.7 Å². The maximum atomic E-state index is 11.0. The van der Waals surface area contributed by atoms with Gasteiger partial charge in [-0.2, -0.15) is 0 Å². The smallest absolute Gasteiger partial charge is 0.258 e. The van der Waals surface area contributed by atoms with Gasteiger partial charge in [0.1, 0.15) is 0 Å². The van der Waals surface area contributed by atoms with Crippen LogP contribution in [0.1, 0.15) is 22.1 Å². The molecule has 5 heteroatoms. The summed E-state index contributed by atoms with van der Waals surface area (Å²) in [5.74, 6) is 0. The third-order valence-electron chi connectivity index (χ3n) is 3.17. The molecule has 0 radical (unpaired) electrons. The first-order chi connectivity index (χ1) is 9.49. The van der Waals surface area contributed by atoms with Crippen LogP contribution in [-0.2, 0) is 6.42 Å². The van der Waals surface area contributed by atoms with Gasteiger partial charge in [-0.05, 0) is 36.6 Å². The molecule has 2 aromatic carbocycles. The summed E-state index contributed by atoms with van der Waals surface area (Å²) in [7, 11) is 0. The Morgan fingerprint density at radius 1 is 1.30 bits per heavy atom. The first kappa shape index (κ1) is 15.0. The second-order valence-corrected chi connectivity index (χ2v) is 6.00. The van der Waals surface area contributed by atoms with Crippen molar-refractivity contribution in [2.75, 3.05) is 0 Å². The summed E-state index contributed by atoms with van der Waals surface area (Å²) >= 11 is 9.87. The Morgan fingerprint density at radius 2 is 2.00 bits per heavy atom. The van der Waals surface area contributed by atoms with E-state index in [1.54, 1.807) is 18.2 Å². The molecule has 0 heterocycles. The molecule has 0 fully saturated rings. The van der Waals surface area contributed by atoms with E-state index in [4.69, 9.17) is 11.6 Å². The highest BCUT2D eigenvalue weighted by atomic mass is 79.9. The van der Waals surface area contributed by atoms with Crippen LogP contribution in [0.15, 0.2) is 46.9 Å². The molecule has 1 unspecified atom stereocenters. The Bertz CT molecular complexity index is 646. The van der Waals surface area contributed by atoms with Gasteiger partial charge in [0, 0.05) is 16.1 Å². The van der Waals surface area contributed by atoms with Crippen LogP contribution in [0.3, 0.4) is 0 Å². The number of rotatable bonds is 4. The average Bonchev–Trinajstić information content (AvgIpc) is 2.41. The van der Waals surface area contributed by atoms with Crippen LogP contribution in [0.5, 0.6) is 0 Å². The fraction of sp³-hybridized carbons (Fsp3) is 0.200. The van der Waals surface area contributed by atoms with Crippen molar-refractivity contribution in [1.29, 1.82) is 0 Å². The lowest BCUT2D eigenvalue weighted by Gasteiger charge is -2.13. The Kier molecular flexibility index (Phi) is 4.78. The van der Waals surface area contributed by atoms with Gasteiger partial charge >= 0.3 is 0 Å². The number of hydrogen-bond donors (Lipinski definition) is 0. The van der Waals surface area contributed by atoms with Crippen LogP contribution in [-0.4, -0.2) is 4.92 Å². The van der Waals surface area contributed by atoms with E-state index in [0.717, 1.165) is 15.6 Å². The molecule has 0 saturated carbocycles. The molecule has 0 aliphatic heterocycles. The van der Waals surface area contributed by atoms with E-state index in [1.165, 1.54) is 6.07 Å². The van der Waals surface area contributed by atoms with Crippen molar-refractivity contribution in [3.63, 3.8) is 0 Å². The van der Waals surface area contributed by atoms with Gasteiger partial charge in [0.25, 0.3) is 5.69 Å². The van der Waals surface area contributed by atoms with Gasteiger partial charge < -0.3 is 0 Å². The minimum absolute atomic E-state index is 0.116. The van der Waals surface area contributed by atoms with Crippen molar-refractivity contribution in [2.45, 2.75) is 18.7 Å². The van der Waals surface area contributed by atoms with Crippen LogP contribution in [0.4, 0.5) is 5.69 Å². The predicted molar refractivity (Wildman–Crippen MR) is 84.3 cm³/mol. The number of nitrogens with zero attached hydrogens (tertiary/aromatic N) is 1. The fourth-order valence-corrected chi connectivity index (χ4v) is 2.89. The van der Waals surface area contributed by atoms with Gasteiger partial charge in [0.15, 0.2) is 0 Å². The van der Waals surface area contributed by atoms with Gasteiger partial charge in [-0.25, -0.2) is 0 Å². The molecular formula is C15H13BrClNO2. The molecule has 2 aromatic rings. The summed E-state index contributed by atoms with van der Waals surface area (Å²) in [5, 5.41) is 10.7. The van der Waals surface area contributed by atoms with Crippen LogP contribution < -0.4 is 0 Å². The first-order valence-electron chi connectivity index (χ1n) is 6.11. The fourth-order valence-electron chi connectivity index (χ4n) is 2.11. The number of halogens is 2. The zero-order valence-electron chi connectivity index (χ0n) is 10.8. The molecule has 0 amide bonds. The zero-order valence-corrected chi connectivity index (χ0v) is 13.2. The van der Waals surface area contributed by atoms with E-state index in [-0.39, 0.29) is 16.0 Å². The molecule has 0 N–H and O–H groups in total. The van der Waals surface area contributed by atoms with Crippen molar-refractivity contribution in [1.82, 2.24) is 0 Å². The lowest BCUT2D eigenvalue weighted by molar-refractivity contribution is -0.385. The van der Waals surface area contributed by atoms with Crippen LogP contribution in [0, 0.1) is 17.0 Å². The normalized spacial score (nSPS) is 12.2. The Morgan fingerprint density at radius 3 is 2.70 bits per heavy atom. The van der Waals surface area contributed by atoms with E-state index in [0.29, 0.717) is 12.0 Å². The average molecular weight is 355 g/mol. The van der Waals surface area contributed by atoms with E-state index in [1.807, 2.05) is 25.1 Å². The van der Waals surface area contributed by atoms with E-state index in [2.05, 4.69) is 15.9 Å². The summed E-state index contributed by atoms with van der Waals surface area (Å²) in [6.07, 6.45) is 0.427. The number of nitro benzene ring substituents is 1. The SMILES string of the molecule is Cc1ccc(Br)cc1C(Cl)Cc1ccccc1[N+](=O)[O-]. The van der Waals surface area contributed by atoms with Crippen molar-refractivity contribution < 1.29 is 4.92 Å². The summed E-state index contributed by atoms with van der Waals surface area (Å²) < 4.78 is 0.950. The molecular weight excluding hydrogens is 342 g/mol. The highest BCUT2D eigenvalue weighted by Crippen LogP contribution is 2.32. The quantitative estimate of drug-likeness (QED) is 0.431. The van der Waals surface area contributed by atoms with Crippen molar-refractivity contribution in [2.24, 2.45) is 0 Å². The van der Waals surface area contributed by atoms with E-state index in [9.17, 15) is 10.1 Å². The molecule has 2 rings (SSSR count). The monoisotopic (exact) mass is 353 g/mol. The topological polar surface area (TPSA) is 43.1 Å². The predicted octanol–water partition coefficient (Wildman–Crippen LogP) is 5.19. The van der Waals surface area contributed by atoms with Gasteiger partial charge in [0.05, 0.1) is 10.3 Å². The standard InChI is InChI=1S/C15H13BrClNO2/c1-10-6-7-12(16)9-13(10)14(17)8-11-4-2-3-5-15(11)18(19)20/h2-7,9,14H,8H2,1H3. The van der Waals surface area contributed by atoms with Crippen LogP contribution >= 0.6 is 27.5 Å². The second-order valence-electron chi connectivity index (χ2n) is 4.56. The molecule has 0 aliphatic carbocycles. The number of benzene rings is 2. The van der Waals surface area contributed by atoms with Crippen LogP contribution in [0.25, 0.3) is 0 Å². The minimum atomic E-state index is -0.368. The molecule has 0 saturated heterocycles. The molecule has 104 valence electrons. The Balaban J connectivity index is 2.30. The maximum Gasteiger partial charge on any atom is 0.272 e. The first-order valence-corrected chi connectivity index (χ1v) is 7.34. The number of para-hydroxylation sites is 1. The van der Waals surface area contributed by atoms with Gasteiger partial charge in [-0.3, -0.25) is 10.1 Å². The number of alkyl halides is 1. The summed E-state index contributed by atoms with van der Waals surface area (Å²) in [4.78, 5) is 10.6. The maximum absolute atomic E-state index is 11.0. The van der Waals surface area contributed by atoms with Crippen molar-refractivity contribution in [3.8, 4) is 0 Å². The molecule has 0 bridgehead atoms. The molecule has 0 aromatic heterocycles. The summed E-state index contributed by atoms with van der Waals surface area (Å²) in [6.45, 7) is 1.98. The molecule has 3 nitrogen and oxygen atoms in total. The number of aryl methyl sites for hydroxylation is 1. The van der Waals surface area contributed by atoms with Gasteiger partial charge in [0.2, 0.25) is 0 Å². The highest BCUT2D eigenvalue weighted by Gasteiger charge is 2.18. The third-order valence-corrected chi connectivity index (χ3v) is 4.05. The summed E-state index contributed by atoms with van der Waals surface area (Å²) in [5.41, 5.74) is 2.83. The number of hydrogen-bond acceptors (Lipinski definition) is 2. The van der Waals surface area contributed by atoms with E-state index >= 15 is 0 Å². The molecule has 20 heavy (non-hydrogen) atoms. The third kappa shape index (κ3) is 3.38. The summed E-state index contributed by atoms with van der Waals surface area (Å²) in [6, 6.07) is 12.6. The minimum Gasteiger partial charge on any atom is -0.258 e. The molecule has 1 atom stereocenters. The van der Waals surface area contributed by atoms with Crippen LogP contribution in [0.2, 0.25) is 0 Å². The van der Waals surface area contributed by atoms with Gasteiger partial charge in [-0.1, -0.05) is 40.2 Å². The lowest BCUT2D eigenvalue weighted by Crippen LogP contribution is -2.02. The second kappa shape index (κ2) is 6.37. The van der Waals surface area contributed by atoms with Crippen molar-refractivity contribution >= 4 is 33.2 Å².